The number of amides is 1. The number of anilines is 1. The van der Waals surface area contributed by atoms with Gasteiger partial charge in [-0.3, -0.25) is 9.48 Å². The molecule has 7 nitrogen and oxygen atoms in total. The van der Waals surface area contributed by atoms with Gasteiger partial charge in [0, 0.05) is 42.5 Å². The summed E-state index contributed by atoms with van der Waals surface area (Å²) < 4.78 is 1.75. The second kappa shape index (κ2) is 6.53. The van der Waals surface area contributed by atoms with Crippen LogP contribution >= 0.6 is 11.3 Å². The lowest BCUT2D eigenvalue weighted by Gasteiger charge is -2.27. The molecule has 1 amide bonds. The molecule has 0 radical (unpaired) electrons. The molecule has 1 fully saturated rings. The van der Waals surface area contributed by atoms with Gasteiger partial charge in [0.2, 0.25) is 5.91 Å². The maximum Gasteiger partial charge on any atom is 0.229 e. The van der Waals surface area contributed by atoms with Crippen molar-refractivity contribution in [3.05, 3.63) is 24.7 Å². The van der Waals surface area contributed by atoms with E-state index in [9.17, 15) is 4.79 Å². The fraction of sp³-hybridized carbons (Fsp3) is 0.412. The van der Waals surface area contributed by atoms with Crippen molar-refractivity contribution in [1.29, 1.82) is 0 Å². The van der Waals surface area contributed by atoms with Crippen molar-refractivity contribution in [2.45, 2.75) is 12.8 Å². The van der Waals surface area contributed by atoms with Gasteiger partial charge < -0.3 is 10.2 Å². The Kier molecular flexibility index (Phi) is 4.22. The number of thiazole rings is 1. The Morgan fingerprint density at radius 3 is 2.84 bits per heavy atom. The van der Waals surface area contributed by atoms with Crippen LogP contribution in [0.4, 0.5) is 5.13 Å². The Labute approximate surface area is 149 Å². The van der Waals surface area contributed by atoms with Gasteiger partial charge in [-0.15, -0.1) is 0 Å². The summed E-state index contributed by atoms with van der Waals surface area (Å²) in [5.41, 5.74) is 1.71. The third kappa shape index (κ3) is 3.40. The lowest BCUT2D eigenvalue weighted by atomic mass is 9.96. The van der Waals surface area contributed by atoms with Gasteiger partial charge in [-0.25, -0.2) is 9.97 Å². The van der Waals surface area contributed by atoms with Crippen LogP contribution in [0.25, 0.3) is 21.5 Å². The first-order valence-corrected chi connectivity index (χ1v) is 9.15. The van der Waals surface area contributed by atoms with E-state index in [2.05, 4.69) is 32.3 Å². The largest absolute Gasteiger partial charge is 0.306 e. The number of pyridine rings is 1. The van der Waals surface area contributed by atoms with Crippen molar-refractivity contribution in [2.75, 3.05) is 25.5 Å². The normalized spacial score (nSPS) is 16.4. The number of fused-ring (bicyclic) bond motifs is 1. The van der Waals surface area contributed by atoms with Crippen molar-refractivity contribution in [3.63, 3.8) is 0 Å². The Balaban J connectivity index is 1.48. The molecule has 1 saturated heterocycles. The average molecular weight is 356 g/mol. The summed E-state index contributed by atoms with van der Waals surface area (Å²) in [5, 5.41) is 8.89. The molecule has 3 aromatic rings. The SMILES string of the molecule is CN1CCC(C(=O)Nc2ncc(-c3cnc4nn(C)cc4c3)s2)CC1. The minimum atomic E-state index is 0.0786. The van der Waals surface area contributed by atoms with Crippen LogP contribution < -0.4 is 5.32 Å². The van der Waals surface area contributed by atoms with E-state index in [1.165, 1.54) is 11.3 Å². The third-order valence-electron chi connectivity index (χ3n) is 4.58. The Morgan fingerprint density at radius 2 is 2.04 bits per heavy atom. The van der Waals surface area contributed by atoms with Crippen LogP contribution in [0.15, 0.2) is 24.7 Å². The number of carbonyl (C=O) groups is 1. The molecule has 3 aromatic heterocycles. The highest BCUT2D eigenvalue weighted by Gasteiger charge is 2.24. The predicted octanol–water partition coefficient (Wildman–Crippen LogP) is 2.37. The van der Waals surface area contributed by atoms with E-state index < -0.39 is 0 Å². The summed E-state index contributed by atoms with van der Waals surface area (Å²) in [7, 11) is 3.97. The number of aryl methyl sites for hydroxylation is 1. The van der Waals surface area contributed by atoms with Gasteiger partial charge in [0.05, 0.1) is 4.88 Å². The predicted molar refractivity (Wildman–Crippen MR) is 98.5 cm³/mol. The highest BCUT2D eigenvalue weighted by molar-refractivity contribution is 7.19. The van der Waals surface area contributed by atoms with Crippen LogP contribution in [-0.4, -0.2) is 50.7 Å². The Bertz CT molecular complexity index is 909. The molecule has 0 saturated carbocycles. The van der Waals surface area contributed by atoms with E-state index in [4.69, 9.17) is 0 Å². The van der Waals surface area contributed by atoms with Gasteiger partial charge in [-0.2, -0.15) is 5.10 Å². The molecule has 0 aromatic carbocycles. The molecule has 0 aliphatic carbocycles. The van der Waals surface area contributed by atoms with Crippen LogP contribution in [0.3, 0.4) is 0 Å². The van der Waals surface area contributed by atoms with E-state index in [1.54, 1.807) is 17.1 Å². The lowest BCUT2D eigenvalue weighted by Crippen LogP contribution is -2.35. The molecule has 0 unspecified atom stereocenters. The van der Waals surface area contributed by atoms with E-state index >= 15 is 0 Å². The first kappa shape index (κ1) is 16.2. The van der Waals surface area contributed by atoms with Crippen molar-refractivity contribution in [3.8, 4) is 10.4 Å². The van der Waals surface area contributed by atoms with E-state index in [-0.39, 0.29) is 11.8 Å². The molecular formula is C17H20N6OS. The number of hydrogen-bond donors (Lipinski definition) is 1. The number of carbonyl (C=O) groups excluding carboxylic acids is 1. The summed E-state index contributed by atoms with van der Waals surface area (Å²) in [4.78, 5) is 24.4. The summed E-state index contributed by atoms with van der Waals surface area (Å²) in [6.07, 6.45) is 7.33. The van der Waals surface area contributed by atoms with E-state index in [1.807, 2.05) is 19.3 Å². The molecule has 1 aliphatic rings. The number of nitrogens with one attached hydrogen (secondary N) is 1. The Morgan fingerprint density at radius 1 is 1.24 bits per heavy atom. The van der Waals surface area contributed by atoms with Gasteiger partial charge in [0.25, 0.3) is 0 Å². The smallest absolute Gasteiger partial charge is 0.229 e. The number of piperidine rings is 1. The fourth-order valence-electron chi connectivity index (χ4n) is 3.11. The standard InChI is InChI=1S/C17H20N6OS/c1-22-5-3-11(4-6-22)16(24)20-17-19-9-14(25-17)12-7-13-10-23(2)21-15(13)18-8-12/h7-11H,3-6H2,1-2H3,(H,19,20,24). The first-order chi connectivity index (χ1) is 12.1. The second-order valence-corrected chi connectivity index (χ2v) is 7.57. The van der Waals surface area contributed by atoms with Crippen molar-refractivity contribution >= 4 is 33.4 Å². The van der Waals surface area contributed by atoms with Crippen LogP contribution in [0, 0.1) is 5.92 Å². The van der Waals surface area contributed by atoms with Gasteiger partial charge in [-0.05, 0) is 39.0 Å². The van der Waals surface area contributed by atoms with Crippen LogP contribution in [0.1, 0.15) is 12.8 Å². The molecular weight excluding hydrogens is 336 g/mol. The molecule has 4 rings (SSSR count). The highest BCUT2D eigenvalue weighted by atomic mass is 32.1. The van der Waals surface area contributed by atoms with Gasteiger partial charge >= 0.3 is 0 Å². The molecule has 1 N–H and O–H groups in total. The van der Waals surface area contributed by atoms with Crippen molar-refractivity contribution < 1.29 is 4.79 Å². The number of hydrogen-bond acceptors (Lipinski definition) is 6. The zero-order valence-corrected chi connectivity index (χ0v) is 15.1. The zero-order valence-electron chi connectivity index (χ0n) is 14.3. The van der Waals surface area contributed by atoms with Gasteiger partial charge in [-0.1, -0.05) is 11.3 Å². The number of aromatic nitrogens is 4. The van der Waals surface area contributed by atoms with Gasteiger partial charge in [0.1, 0.15) is 0 Å². The van der Waals surface area contributed by atoms with E-state index in [0.717, 1.165) is 47.4 Å². The summed E-state index contributed by atoms with van der Waals surface area (Å²) in [5.74, 6) is 0.159. The first-order valence-electron chi connectivity index (χ1n) is 8.33. The zero-order chi connectivity index (χ0) is 17.4. The quantitative estimate of drug-likeness (QED) is 0.780. The summed E-state index contributed by atoms with van der Waals surface area (Å²) >= 11 is 1.47. The third-order valence-corrected chi connectivity index (χ3v) is 5.55. The second-order valence-electron chi connectivity index (χ2n) is 6.54. The number of likely N-dealkylation sites (tertiary alicyclic amines) is 1. The maximum absolute atomic E-state index is 12.4. The monoisotopic (exact) mass is 356 g/mol. The van der Waals surface area contributed by atoms with Crippen molar-refractivity contribution in [2.24, 2.45) is 13.0 Å². The highest BCUT2D eigenvalue weighted by Crippen LogP contribution is 2.30. The molecule has 8 heteroatoms. The lowest BCUT2D eigenvalue weighted by molar-refractivity contribution is -0.121. The van der Waals surface area contributed by atoms with Crippen LogP contribution in [0.2, 0.25) is 0 Å². The molecule has 130 valence electrons. The number of rotatable bonds is 3. The van der Waals surface area contributed by atoms with Crippen LogP contribution in [-0.2, 0) is 11.8 Å². The van der Waals surface area contributed by atoms with Crippen LogP contribution in [0.5, 0.6) is 0 Å². The molecule has 25 heavy (non-hydrogen) atoms. The Hall–Kier alpha value is -2.32. The topological polar surface area (TPSA) is 75.9 Å². The summed E-state index contributed by atoms with van der Waals surface area (Å²) in [6.45, 7) is 1.94. The number of nitrogens with zero attached hydrogens (tertiary/aromatic N) is 5. The maximum atomic E-state index is 12.4. The van der Waals surface area contributed by atoms with Gasteiger partial charge in [0.15, 0.2) is 10.8 Å². The average Bonchev–Trinajstić information content (AvgIpc) is 3.20. The molecule has 0 bridgehead atoms. The minimum Gasteiger partial charge on any atom is -0.306 e. The molecule has 4 heterocycles. The minimum absolute atomic E-state index is 0.0786. The molecule has 0 atom stereocenters. The van der Waals surface area contributed by atoms with Crippen molar-refractivity contribution in [1.82, 2.24) is 24.6 Å². The molecule has 0 spiro atoms. The van der Waals surface area contributed by atoms with E-state index in [0.29, 0.717) is 5.13 Å². The summed E-state index contributed by atoms with van der Waals surface area (Å²) in [6, 6.07) is 2.05. The fourth-order valence-corrected chi connectivity index (χ4v) is 3.91. The molecule has 1 aliphatic heterocycles.